The maximum absolute atomic E-state index is 9.77. The number of hydrogen-bond donors (Lipinski definition) is 0. The van der Waals surface area contributed by atoms with E-state index in [1.165, 1.54) is 5.39 Å². The molecule has 0 atom stereocenters. The summed E-state index contributed by atoms with van der Waals surface area (Å²) in [6.45, 7) is 2.34. The van der Waals surface area contributed by atoms with Crippen LogP contribution in [0.4, 0.5) is 0 Å². The number of nitriles is 1. The first-order valence-electron chi connectivity index (χ1n) is 9.02. The Morgan fingerprint density at radius 2 is 1.64 bits per heavy atom. The van der Waals surface area contributed by atoms with Crippen LogP contribution in [0.15, 0.2) is 77.3 Å². The Balaban J connectivity index is 1.94. The molecular weight excluding hydrogens is 412 g/mol. The summed E-state index contributed by atoms with van der Waals surface area (Å²) in [6, 6.07) is 26.6. The second-order valence-corrected chi connectivity index (χ2v) is 7.26. The van der Waals surface area contributed by atoms with E-state index in [1.807, 2.05) is 49.4 Å². The molecule has 0 saturated heterocycles. The second kappa shape index (κ2) is 7.84. The van der Waals surface area contributed by atoms with Gasteiger partial charge in [-0.2, -0.15) is 5.26 Å². The summed E-state index contributed by atoms with van der Waals surface area (Å²) in [5.74, 6) is 0.369. The van der Waals surface area contributed by atoms with Crippen molar-refractivity contribution in [3.05, 3.63) is 82.8 Å². The average molecular weight is 429 g/mol. The lowest BCUT2D eigenvalue weighted by Gasteiger charge is -2.13. The van der Waals surface area contributed by atoms with Crippen molar-refractivity contribution in [2.75, 3.05) is 6.61 Å². The Labute approximate surface area is 172 Å². The molecule has 0 unspecified atom stereocenters. The molecule has 0 aliphatic heterocycles. The molecule has 0 bridgehead atoms. The maximum Gasteiger partial charge on any atom is 0.232 e. The van der Waals surface area contributed by atoms with Crippen LogP contribution in [0.5, 0.6) is 5.88 Å². The molecule has 0 aliphatic carbocycles. The van der Waals surface area contributed by atoms with Gasteiger partial charge in [0.05, 0.1) is 12.3 Å². The highest BCUT2D eigenvalue weighted by atomic mass is 79.9. The fraction of sp³-hybridized carbons (Fsp3) is 0.0833. The van der Waals surface area contributed by atoms with Crippen molar-refractivity contribution in [3.8, 4) is 34.3 Å². The van der Waals surface area contributed by atoms with Gasteiger partial charge < -0.3 is 4.74 Å². The molecule has 0 aliphatic rings. The topological polar surface area (TPSA) is 45.9 Å². The summed E-state index contributed by atoms with van der Waals surface area (Å²) in [5.41, 5.74) is 3.99. The molecule has 0 saturated carbocycles. The summed E-state index contributed by atoms with van der Waals surface area (Å²) < 4.78 is 6.71. The normalized spacial score (nSPS) is 10.6. The van der Waals surface area contributed by atoms with Gasteiger partial charge >= 0.3 is 0 Å². The van der Waals surface area contributed by atoms with Crippen LogP contribution in [0.2, 0.25) is 0 Å². The predicted molar refractivity (Wildman–Crippen MR) is 116 cm³/mol. The molecule has 0 spiro atoms. The standard InChI is InChI=1S/C24H17BrN2O/c1-2-28-24-22(15-26)21(17-9-11-20(25)12-10-17)14-23(27-24)19-8-7-16-5-3-4-6-18(16)13-19/h3-14H,2H2,1H3. The lowest BCUT2D eigenvalue weighted by molar-refractivity contribution is 0.326. The lowest BCUT2D eigenvalue weighted by Crippen LogP contribution is -2.01. The van der Waals surface area contributed by atoms with Gasteiger partial charge in [0.2, 0.25) is 5.88 Å². The zero-order valence-corrected chi connectivity index (χ0v) is 16.9. The van der Waals surface area contributed by atoms with Crippen LogP contribution < -0.4 is 4.74 Å². The van der Waals surface area contributed by atoms with Gasteiger partial charge in [-0.3, -0.25) is 0 Å². The van der Waals surface area contributed by atoms with E-state index in [-0.39, 0.29) is 0 Å². The number of ether oxygens (including phenoxy) is 1. The average Bonchev–Trinajstić information content (AvgIpc) is 2.73. The molecule has 3 aromatic carbocycles. The van der Waals surface area contributed by atoms with E-state index >= 15 is 0 Å². The van der Waals surface area contributed by atoms with Crippen LogP contribution in [0.3, 0.4) is 0 Å². The molecule has 4 aromatic rings. The molecule has 0 fully saturated rings. The van der Waals surface area contributed by atoms with E-state index in [4.69, 9.17) is 4.74 Å². The van der Waals surface area contributed by atoms with Gasteiger partial charge in [0, 0.05) is 15.6 Å². The van der Waals surface area contributed by atoms with E-state index in [9.17, 15) is 5.26 Å². The van der Waals surface area contributed by atoms with Crippen LogP contribution in [-0.2, 0) is 0 Å². The van der Waals surface area contributed by atoms with Gasteiger partial charge in [0.1, 0.15) is 11.6 Å². The van der Waals surface area contributed by atoms with E-state index in [0.717, 1.165) is 32.2 Å². The second-order valence-electron chi connectivity index (χ2n) is 6.35. The van der Waals surface area contributed by atoms with Crippen molar-refractivity contribution in [1.82, 2.24) is 4.98 Å². The summed E-state index contributed by atoms with van der Waals surface area (Å²) in [4.78, 5) is 4.66. The van der Waals surface area contributed by atoms with Crippen molar-refractivity contribution >= 4 is 26.7 Å². The van der Waals surface area contributed by atoms with E-state index < -0.39 is 0 Å². The number of fused-ring (bicyclic) bond motifs is 1. The van der Waals surface area contributed by atoms with Crippen molar-refractivity contribution in [2.45, 2.75) is 6.92 Å². The Morgan fingerprint density at radius 3 is 2.36 bits per heavy atom. The van der Waals surface area contributed by atoms with Crippen molar-refractivity contribution in [1.29, 1.82) is 5.26 Å². The third kappa shape index (κ3) is 3.49. The monoisotopic (exact) mass is 428 g/mol. The Bertz CT molecular complexity index is 1190. The van der Waals surface area contributed by atoms with Gasteiger partial charge in [0.25, 0.3) is 0 Å². The number of halogens is 1. The maximum atomic E-state index is 9.77. The summed E-state index contributed by atoms with van der Waals surface area (Å²) >= 11 is 3.47. The highest BCUT2D eigenvalue weighted by Crippen LogP contribution is 2.34. The molecule has 4 rings (SSSR count). The molecule has 1 aromatic heterocycles. The van der Waals surface area contributed by atoms with Gasteiger partial charge in [-0.1, -0.05) is 64.5 Å². The highest BCUT2D eigenvalue weighted by Gasteiger charge is 2.16. The third-order valence-corrected chi connectivity index (χ3v) is 5.11. The molecule has 3 nitrogen and oxygen atoms in total. The van der Waals surface area contributed by atoms with Crippen molar-refractivity contribution in [2.24, 2.45) is 0 Å². The molecule has 4 heteroatoms. The van der Waals surface area contributed by atoms with E-state index in [2.05, 4.69) is 57.3 Å². The first kappa shape index (κ1) is 18.2. The molecule has 28 heavy (non-hydrogen) atoms. The van der Waals surface area contributed by atoms with Gasteiger partial charge in [-0.15, -0.1) is 0 Å². The van der Waals surface area contributed by atoms with Crippen molar-refractivity contribution in [3.63, 3.8) is 0 Å². The van der Waals surface area contributed by atoms with Crippen molar-refractivity contribution < 1.29 is 4.74 Å². The predicted octanol–water partition coefficient (Wildman–Crippen LogP) is 6.60. The van der Waals surface area contributed by atoms with Crippen LogP contribution in [-0.4, -0.2) is 11.6 Å². The number of benzene rings is 3. The molecular formula is C24H17BrN2O. The quantitative estimate of drug-likeness (QED) is 0.367. The third-order valence-electron chi connectivity index (χ3n) is 4.58. The number of rotatable bonds is 4. The lowest BCUT2D eigenvalue weighted by atomic mass is 9.98. The summed E-state index contributed by atoms with van der Waals surface area (Å²) in [6.07, 6.45) is 0. The first-order chi connectivity index (χ1) is 13.7. The minimum atomic E-state index is 0.369. The fourth-order valence-corrected chi connectivity index (χ4v) is 3.49. The zero-order valence-electron chi connectivity index (χ0n) is 15.3. The molecule has 0 amide bonds. The van der Waals surface area contributed by atoms with Crippen LogP contribution in [0.25, 0.3) is 33.2 Å². The van der Waals surface area contributed by atoms with E-state index in [1.54, 1.807) is 0 Å². The zero-order chi connectivity index (χ0) is 19.5. The van der Waals surface area contributed by atoms with Gasteiger partial charge in [0.15, 0.2) is 0 Å². The summed E-state index contributed by atoms with van der Waals surface area (Å²) in [7, 11) is 0. The van der Waals surface area contributed by atoms with Gasteiger partial charge in [-0.25, -0.2) is 4.98 Å². The Hall–Kier alpha value is -3.16. The van der Waals surface area contributed by atoms with Crippen LogP contribution in [0, 0.1) is 11.3 Å². The minimum absolute atomic E-state index is 0.369. The molecule has 0 radical (unpaired) electrons. The van der Waals surface area contributed by atoms with Gasteiger partial charge in [-0.05, 0) is 47.5 Å². The SMILES string of the molecule is CCOc1nc(-c2ccc3ccccc3c2)cc(-c2ccc(Br)cc2)c1C#N. The number of nitrogens with zero attached hydrogens (tertiary/aromatic N) is 2. The number of pyridine rings is 1. The molecule has 0 N–H and O–H groups in total. The molecule has 1 heterocycles. The first-order valence-corrected chi connectivity index (χ1v) is 9.82. The van der Waals surface area contributed by atoms with E-state index in [0.29, 0.717) is 18.1 Å². The number of aromatic nitrogens is 1. The molecule has 136 valence electrons. The summed E-state index contributed by atoms with van der Waals surface area (Å²) in [5, 5.41) is 12.1. The van der Waals surface area contributed by atoms with Crippen LogP contribution >= 0.6 is 15.9 Å². The van der Waals surface area contributed by atoms with Crippen LogP contribution in [0.1, 0.15) is 12.5 Å². The highest BCUT2D eigenvalue weighted by molar-refractivity contribution is 9.10. The Kier molecular flexibility index (Phi) is 5.10. The fourth-order valence-electron chi connectivity index (χ4n) is 3.22. The smallest absolute Gasteiger partial charge is 0.232 e. The number of hydrogen-bond acceptors (Lipinski definition) is 3. The minimum Gasteiger partial charge on any atom is -0.477 e. The largest absolute Gasteiger partial charge is 0.477 e. The Morgan fingerprint density at radius 1 is 0.929 bits per heavy atom.